The van der Waals surface area contributed by atoms with E-state index in [1.54, 1.807) is 7.05 Å². The van der Waals surface area contributed by atoms with Crippen molar-refractivity contribution in [2.75, 3.05) is 20.3 Å². The van der Waals surface area contributed by atoms with Crippen LogP contribution in [0.15, 0.2) is 12.7 Å². The fraction of sp³-hybridized carbons (Fsp3) is 0.857. The Kier molecular flexibility index (Phi) is 21.3. The van der Waals surface area contributed by atoms with Crippen LogP contribution in [0.2, 0.25) is 0 Å². The van der Waals surface area contributed by atoms with E-state index in [1.165, 1.54) is 101 Å². The molecule has 1 atom stereocenters. The molecule has 33 heavy (non-hydrogen) atoms. The Hall–Kier alpha value is -1.52. The van der Waals surface area contributed by atoms with Gasteiger partial charge in [0, 0.05) is 7.05 Å². The molecule has 5 heteroatoms. The maximum atomic E-state index is 12.5. The minimum absolute atomic E-state index is 0.0513. The lowest BCUT2D eigenvalue weighted by Gasteiger charge is -2.28. The van der Waals surface area contributed by atoms with Gasteiger partial charge in [0.25, 0.3) is 0 Å². The number of likely N-dealkylation sites (N-methyl/N-ethyl adjacent to an activating group) is 1. The Morgan fingerprint density at radius 1 is 0.758 bits per heavy atom. The van der Waals surface area contributed by atoms with Crippen molar-refractivity contribution in [3.05, 3.63) is 12.7 Å². The van der Waals surface area contributed by atoms with Gasteiger partial charge in [-0.3, -0.25) is 4.90 Å². The highest BCUT2D eigenvalue weighted by Gasteiger charge is 2.31. The summed E-state index contributed by atoms with van der Waals surface area (Å²) in [6.07, 6.45) is 22.0. The summed E-state index contributed by atoms with van der Waals surface area (Å²) in [5.74, 6) is -0.409. The van der Waals surface area contributed by atoms with Crippen LogP contribution in [-0.2, 0) is 14.3 Å². The number of amides is 1. The molecule has 0 rings (SSSR count). The second-order valence-corrected chi connectivity index (χ2v) is 9.64. The molecule has 0 aliphatic heterocycles. The van der Waals surface area contributed by atoms with Gasteiger partial charge in [-0.25, -0.2) is 9.59 Å². The van der Waals surface area contributed by atoms with Crippen LogP contribution in [0.5, 0.6) is 0 Å². The first-order valence-corrected chi connectivity index (χ1v) is 13.6. The molecule has 0 saturated heterocycles. The fourth-order valence-electron chi connectivity index (χ4n) is 4.13. The number of ether oxygens (including phenoxy) is 2. The molecule has 0 aromatic carbocycles. The van der Waals surface area contributed by atoms with E-state index in [9.17, 15) is 9.59 Å². The molecule has 0 radical (unpaired) electrons. The summed E-state index contributed by atoms with van der Waals surface area (Å²) in [6, 6.07) is -0.636. The van der Waals surface area contributed by atoms with Crippen LogP contribution in [0.1, 0.15) is 124 Å². The number of esters is 1. The summed E-state index contributed by atoms with van der Waals surface area (Å²) in [4.78, 5) is 25.8. The van der Waals surface area contributed by atoms with E-state index in [-0.39, 0.29) is 18.5 Å². The lowest BCUT2D eigenvalue weighted by atomic mass is 10.0. The van der Waals surface area contributed by atoms with Gasteiger partial charge in [-0.15, -0.1) is 0 Å². The second kappa shape index (κ2) is 22.3. The highest BCUT2D eigenvalue weighted by molar-refractivity contribution is 5.81. The van der Waals surface area contributed by atoms with Crippen molar-refractivity contribution in [2.45, 2.75) is 130 Å². The van der Waals surface area contributed by atoms with Crippen molar-refractivity contribution in [3.63, 3.8) is 0 Å². The minimum atomic E-state index is -0.636. The van der Waals surface area contributed by atoms with Gasteiger partial charge in [-0.2, -0.15) is 0 Å². The van der Waals surface area contributed by atoms with Gasteiger partial charge in [0.2, 0.25) is 0 Å². The first kappa shape index (κ1) is 31.5. The zero-order chi connectivity index (χ0) is 24.7. The molecule has 0 aromatic heterocycles. The quantitative estimate of drug-likeness (QED) is 0.0917. The van der Waals surface area contributed by atoms with Crippen LogP contribution in [0.3, 0.4) is 0 Å². The molecule has 0 aliphatic carbocycles. The van der Waals surface area contributed by atoms with Crippen LogP contribution in [-0.4, -0.2) is 43.3 Å². The third-order valence-corrected chi connectivity index (χ3v) is 6.15. The van der Waals surface area contributed by atoms with Gasteiger partial charge in [0.15, 0.2) is 0 Å². The van der Waals surface area contributed by atoms with E-state index >= 15 is 0 Å². The number of nitrogens with zero attached hydrogens (tertiary/aromatic N) is 1. The Morgan fingerprint density at radius 2 is 1.18 bits per heavy atom. The van der Waals surface area contributed by atoms with Gasteiger partial charge in [0.1, 0.15) is 12.6 Å². The molecule has 1 amide bonds. The molecule has 0 heterocycles. The molecule has 0 fully saturated rings. The normalized spacial score (nSPS) is 11.9. The van der Waals surface area contributed by atoms with Crippen LogP contribution in [0, 0.1) is 5.92 Å². The topological polar surface area (TPSA) is 55.8 Å². The first-order chi connectivity index (χ1) is 16.0. The third-order valence-electron chi connectivity index (χ3n) is 6.15. The van der Waals surface area contributed by atoms with Crippen molar-refractivity contribution in [2.24, 2.45) is 5.92 Å². The summed E-state index contributed by atoms with van der Waals surface area (Å²) >= 11 is 0. The molecule has 0 aromatic rings. The largest absolute Gasteiger partial charge is 0.464 e. The van der Waals surface area contributed by atoms with Crippen LogP contribution < -0.4 is 0 Å². The average molecular weight is 468 g/mol. The smallest absolute Gasteiger partial charge is 0.410 e. The van der Waals surface area contributed by atoms with Gasteiger partial charge >= 0.3 is 12.1 Å². The molecule has 0 bridgehead atoms. The molecule has 0 saturated carbocycles. The maximum absolute atomic E-state index is 12.5. The van der Waals surface area contributed by atoms with E-state index in [1.807, 2.05) is 13.8 Å². The maximum Gasteiger partial charge on any atom is 0.410 e. The lowest BCUT2D eigenvalue weighted by molar-refractivity contribution is -0.150. The van der Waals surface area contributed by atoms with Gasteiger partial charge in [-0.1, -0.05) is 130 Å². The molecule has 1 unspecified atom stereocenters. The van der Waals surface area contributed by atoms with Gasteiger partial charge in [-0.05, 0) is 12.3 Å². The van der Waals surface area contributed by atoms with E-state index in [2.05, 4.69) is 13.5 Å². The summed E-state index contributed by atoms with van der Waals surface area (Å²) in [5.41, 5.74) is 0. The minimum Gasteiger partial charge on any atom is -0.464 e. The molecule has 0 aliphatic rings. The zero-order valence-electron chi connectivity index (χ0n) is 22.2. The molecular weight excluding hydrogens is 414 g/mol. The summed E-state index contributed by atoms with van der Waals surface area (Å²) in [7, 11) is 1.58. The molecule has 0 spiro atoms. The van der Waals surface area contributed by atoms with E-state index in [0.29, 0.717) is 6.61 Å². The Bertz CT molecular complexity index is 492. The second-order valence-electron chi connectivity index (χ2n) is 9.64. The molecule has 5 nitrogen and oxygen atoms in total. The number of hydrogen-bond donors (Lipinski definition) is 0. The van der Waals surface area contributed by atoms with E-state index < -0.39 is 12.1 Å². The van der Waals surface area contributed by atoms with Crippen molar-refractivity contribution < 1.29 is 19.1 Å². The lowest BCUT2D eigenvalue weighted by Crippen LogP contribution is -2.46. The SMILES string of the molecule is C=CCOC(=O)N(C)C(C(=O)OCCCCCCCCCCCCCCCCCC)C(C)C. The zero-order valence-corrected chi connectivity index (χ0v) is 22.2. The van der Waals surface area contributed by atoms with Crippen molar-refractivity contribution >= 4 is 12.1 Å². The van der Waals surface area contributed by atoms with Crippen LogP contribution in [0.25, 0.3) is 0 Å². The standard InChI is InChI=1S/C28H53NO4/c1-6-8-9-10-11-12-13-14-15-16-17-18-19-20-21-22-24-32-27(30)26(25(3)4)29(5)28(31)33-23-7-2/h7,25-26H,2,6,8-24H2,1,3-5H3. The van der Waals surface area contributed by atoms with Crippen LogP contribution in [0.4, 0.5) is 4.79 Å². The summed E-state index contributed by atoms with van der Waals surface area (Å²) < 4.78 is 10.5. The van der Waals surface area contributed by atoms with Crippen molar-refractivity contribution in [3.8, 4) is 0 Å². The fourth-order valence-corrected chi connectivity index (χ4v) is 4.13. The van der Waals surface area contributed by atoms with E-state index in [4.69, 9.17) is 9.47 Å². The number of carbonyl (C=O) groups excluding carboxylic acids is 2. The molecular formula is C28H53NO4. The average Bonchev–Trinajstić information content (AvgIpc) is 2.79. The van der Waals surface area contributed by atoms with Crippen LogP contribution >= 0.6 is 0 Å². The predicted octanol–water partition coefficient (Wildman–Crippen LogP) is 8.07. The van der Waals surface area contributed by atoms with Gasteiger partial charge in [0.05, 0.1) is 6.61 Å². The third kappa shape index (κ3) is 17.6. The first-order valence-electron chi connectivity index (χ1n) is 13.6. The highest BCUT2D eigenvalue weighted by Crippen LogP contribution is 2.15. The summed E-state index contributed by atoms with van der Waals surface area (Å²) in [6.45, 7) is 10.1. The molecule has 194 valence electrons. The number of carbonyl (C=O) groups is 2. The Labute approximate surface area is 204 Å². The van der Waals surface area contributed by atoms with E-state index in [0.717, 1.165) is 12.8 Å². The molecule has 0 N–H and O–H groups in total. The van der Waals surface area contributed by atoms with Gasteiger partial charge < -0.3 is 9.47 Å². The number of rotatable bonds is 22. The van der Waals surface area contributed by atoms with Crippen molar-refractivity contribution in [1.29, 1.82) is 0 Å². The highest BCUT2D eigenvalue weighted by atomic mass is 16.6. The van der Waals surface area contributed by atoms with Crippen molar-refractivity contribution in [1.82, 2.24) is 4.90 Å². The Balaban J connectivity index is 3.66. The predicted molar refractivity (Wildman–Crippen MR) is 138 cm³/mol. The number of unbranched alkanes of at least 4 members (excludes halogenated alkanes) is 15. The summed E-state index contributed by atoms with van der Waals surface area (Å²) in [5, 5.41) is 0. The number of hydrogen-bond acceptors (Lipinski definition) is 4. The Morgan fingerprint density at radius 3 is 1.58 bits per heavy atom. The monoisotopic (exact) mass is 467 g/mol.